The molecule has 1 aliphatic rings. The third-order valence-corrected chi connectivity index (χ3v) is 6.50. The molecule has 0 atom stereocenters. The number of carbonyl (C=O) groups is 1. The van der Waals surface area contributed by atoms with E-state index in [9.17, 15) is 4.79 Å². The number of aryl methyl sites for hydroxylation is 3. The van der Waals surface area contributed by atoms with Crippen molar-refractivity contribution in [2.24, 2.45) is 0 Å². The van der Waals surface area contributed by atoms with Crippen LogP contribution in [0.1, 0.15) is 55.3 Å². The van der Waals surface area contributed by atoms with Crippen molar-refractivity contribution in [3.63, 3.8) is 0 Å². The Morgan fingerprint density at radius 2 is 2.08 bits per heavy atom. The molecule has 24 heavy (non-hydrogen) atoms. The van der Waals surface area contributed by atoms with Crippen molar-refractivity contribution in [3.05, 3.63) is 16.3 Å². The Morgan fingerprint density at radius 1 is 1.25 bits per heavy atom. The first kappa shape index (κ1) is 17.7. The molecule has 0 aliphatic heterocycles. The summed E-state index contributed by atoms with van der Waals surface area (Å²) in [6, 6.07) is 0. The molecule has 1 aliphatic carbocycles. The Morgan fingerprint density at radius 3 is 2.92 bits per heavy atom. The van der Waals surface area contributed by atoms with Crippen LogP contribution >= 0.6 is 23.1 Å². The number of nitrogens with zero attached hydrogens (tertiary/aromatic N) is 2. The fourth-order valence-corrected chi connectivity index (χ4v) is 5.42. The highest BCUT2D eigenvalue weighted by Crippen LogP contribution is 2.39. The lowest BCUT2D eigenvalue weighted by atomic mass is 9.97. The maximum absolute atomic E-state index is 12.1. The van der Waals surface area contributed by atoms with Crippen molar-refractivity contribution >= 4 is 39.2 Å². The molecule has 0 spiro atoms. The maximum atomic E-state index is 12.1. The van der Waals surface area contributed by atoms with Gasteiger partial charge in [-0.2, -0.15) is 0 Å². The van der Waals surface area contributed by atoms with Crippen molar-refractivity contribution < 1.29 is 4.79 Å². The Balaban J connectivity index is 1.72. The first-order valence-electron chi connectivity index (χ1n) is 8.87. The minimum atomic E-state index is 0.101. The molecule has 2 aromatic heterocycles. The Labute approximate surface area is 151 Å². The van der Waals surface area contributed by atoms with Gasteiger partial charge in [0.15, 0.2) is 0 Å². The van der Waals surface area contributed by atoms with Gasteiger partial charge in [0, 0.05) is 16.8 Å². The highest BCUT2D eigenvalue weighted by molar-refractivity contribution is 8.00. The van der Waals surface area contributed by atoms with Crippen LogP contribution in [0.15, 0.2) is 5.03 Å². The van der Waals surface area contributed by atoms with Crippen molar-refractivity contribution in [3.8, 4) is 0 Å². The molecular weight excluding hydrogens is 338 g/mol. The number of carbonyl (C=O) groups excluding carboxylic acids is 1. The summed E-state index contributed by atoms with van der Waals surface area (Å²) in [6.45, 7) is 4.88. The van der Waals surface area contributed by atoms with E-state index < -0.39 is 0 Å². The van der Waals surface area contributed by atoms with Crippen LogP contribution in [0, 0.1) is 6.92 Å². The number of amides is 1. The zero-order chi connectivity index (χ0) is 16.9. The van der Waals surface area contributed by atoms with E-state index in [4.69, 9.17) is 0 Å². The molecule has 6 heteroatoms. The van der Waals surface area contributed by atoms with E-state index in [1.165, 1.54) is 41.5 Å². The minimum Gasteiger partial charge on any atom is -0.355 e. The van der Waals surface area contributed by atoms with Gasteiger partial charge < -0.3 is 5.32 Å². The summed E-state index contributed by atoms with van der Waals surface area (Å²) in [5.41, 5.74) is 1.44. The van der Waals surface area contributed by atoms with Crippen LogP contribution in [0.25, 0.3) is 10.2 Å². The van der Waals surface area contributed by atoms with E-state index in [0.29, 0.717) is 5.75 Å². The first-order chi connectivity index (χ1) is 11.7. The summed E-state index contributed by atoms with van der Waals surface area (Å²) in [5.74, 6) is 1.33. The van der Waals surface area contributed by atoms with Crippen LogP contribution in [-0.4, -0.2) is 28.2 Å². The molecule has 0 bridgehead atoms. The summed E-state index contributed by atoms with van der Waals surface area (Å²) in [6.07, 6.45) is 8.20. The molecule has 0 radical (unpaired) electrons. The van der Waals surface area contributed by atoms with E-state index in [1.54, 1.807) is 11.8 Å². The van der Waals surface area contributed by atoms with E-state index in [-0.39, 0.29) is 5.91 Å². The maximum Gasteiger partial charge on any atom is 0.230 e. The van der Waals surface area contributed by atoms with Gasteiger partial charge >= 0.3 is 0 Å². The minimum absolute atomic E-state index is 0.101. The SMILES string of the molecule is CCCCCNC(=O)CSc1nc(C)nc2sc3c(c12)CCCC3. The topological polar surface area (TPSA) is 54.9 Å². The first-order valence-corrected chi connectivity index (χ1v) is 10.7. The predicted molar refractivity (Wildman–Crippen MR) is 102 cm³/mol. The smallest absolute Gasteiger partial charge is 0.230 e. The molecule has 0 saturated heterocycles. The number of aromatic nitrogens is 2. The number of unbranched alkanes of at least 4 members (excludes halogenated alkanes) is 2. The van der Waals surface area contributed by atoms with E-state index >= 15 is 0 Å². The summed E-state index contributed by atoms with van der Waals surface area (Å²) >= 11 is 3.37. The van der Waals surface area contributed by atoms with Gasteiger partial charge in [0.25, 0.3) is 0 Å². The van der Waals surface area contributed by atoms with E-state index in [1.807, 2.05) is 18.3 Å². The molecule has 1 N–H and O–H groups in total. The average molecular weight is 364 g/mol. The average Bonchev–Trinajstić information content (AvgIpc) is 2.94. The monoisotopic (exact) mass is 363 g/mol. The van der Waals surface area contributed by atoms with Crippen molar-refractivity contribution in [1.82, 2.24) is 15.3 Å². The lowest BCUT2D eigenvalue weighted by molar-refractivity contribution is -0.118. The highest BCUT2D eigenvalue weighted by atomic mass is 32.2. The second-order valence-corrected chi connectivity index (χ2v) is 8.36. The Kier molecular flexibility index (Phi) is 6.11. The largest absolute Gasteiger partial charge is 0.355 e. The van der Waals surface area contributed by atoms with Crippen LogP contribution in [-0.2, 0) is 17.6 Å². The van der Waals surface area contributed by atoms with Crippen LogP contribution in [0.2, 0.25) is 0 Å². The molecule has 0 saturated carbocycles. The quantitative estimate of drug-likeness (QED) is 0.453. The summed E-state index contributed by atoms with van der Waals surface area (Å²) < 4.78 is 0. The number of thiophene rings is 1. The summed E-state index contributed by atoms with van der Waals surface area (Å²) in [4.78, 5) is 23.9. The van der Waals surface area contributed by atoms with Gasteiger partial charge in [-0.15, -0.1) is 11.3 Å². The second-order valence-electron chi connectivity index (χ2n) is 6.31. The van der Waals surface area contributed by atoms with Crippen LogP contribution < -0.4 is 5.32 Å². The van der Waals surface area contributed by atoms with Gasteiger partial charge in [-0.05, 0) is 44.6 Å². The molecule has 0 unspecified atom stereocenters. The van der Waals surface area contributed by atoms with Crippen molar-refractivity contribution in [1.29, 1.82) is 0 Å². The Hall–Kier alpha value is -1.14. The molecule has 2 heterocycles. The van der Waals surface area contributed by atoms with Crippen LogP contribution in [0.4, 0.5) is 0 Å². The van der Waals surface area contributed by atoms with Gasteiger partial charge in [0.05, 0.1) is 5.75 Å². The third kappa shape index (κ3) is 4.09. The zero-order valence-electron chi connectivity index (χ0n) is 14.5. The predicted octanol–water partition coefficient (Wildman–Crippen LogP) is 4.28. The van der Waals surface area contributed by atoms with Crippen molar-refractivity contribution in [2.75, 3.05) is 12.3 Å². The number of thioether (sulfide) groups is 1. The normalized spacial score (nSPS) is 13.9. The van der Waals surface area contributed by atoms with Gasteiger partial charge in [0.2, 0.25) is 5.91 Å². The number of hydrogen-bond acceptors (Lipinski definition) is 5. The lowest BCUT2D eigenvalue weighted by Gasteiger charge is -2.11. The number of nitrogens with one attached hydrogen (secondary N) is 1. The number of fused-ring (bicyclic) bond motifs is 3. The number of rotatable bonds is 7. The van der Waals surface area contributed by atoms with Gasteiger partial charge in [-0.3, -0.25) is 4.79 Å². The Bertz CT molecular complexity index is 727. The standard InChI is InChI=1S/C18H25N3OS2/c1-3-4-7-10-19-15(22)11-23-17-16-13-8-5-6-9-14(13)24-18(16)21-12(2)20-17/h3-11H2,1-2H3,(H,19,22). The van der Waals surface area contributed by atoms with E-state index in [2.05, 4.69) is 22.2 Å². The van der Waals surface area contributed by atoms with E-state index in [0.717, 1.165) is 41.5 Å². The molecule has 2 aromatic rings. The molecular formula is C18H25N3OS2. The molecule has 130 valence electrons. The fourth-order valence-electron chi connectivity index (χ4n) is 3.12. The van der Waals surface area contributed by atoms with Gasteiger partial charge in [0.1, 0.15) is 15.7 Å². The fraction of sp³-hybridized carbons (Fsp3) is 0.611. The zero-order valence-corrected chi connectivity index (χ0v) is 16.1. The van der Waals surface area contributed by atoms with Gasteiger partial charge in [-0.1, -0.05) is 31.5 Å². The number of hydrogen-bond donors (Lipinski definition) is 1. The third-order valence-electron chi connectivity index (χ3n) is 4.34. The van der Waals surface area contributed by atoms with Crippen LogP contribution in [0.3, 0.4) is 0 Å². The van der Waals surface area contributed by atoms with Crippen molar-refractivity contribution in [2.45, 2.75) is 63.8 Å². The summed E-state index contributed by atoms with van der Waals surface area (Å²) in [7, 11) is 0. The lowest BCUT2D eigenvalue weighted by Crippen LogP contribution is -2.26. The molecule has 0 aromatic carbocycles. The summed E-state index contributed by atoms with van der Waals surface area (Å²) in [5, 5.41) is 5.20. The molecule has 1 amide bonds. The van der Waals surface area contributed by atoms with Crippen LogP contribution in [0.5, 0.6) is 0 Å². The second kappa shape index (κ2) is 8.30. The molecule has 3 rings (SSSR count). The van der Waals surface area contributed by atoms with Gasteiger partial charge in [-0.25, -0.2) is 9.97 Å². The molecule has 4 nitrogen and oxygen atoms in total. The highest BCUT2D eigenvalue weighted by Gasteiger charge is 2.21. The molecule has 0 fully saturated rings.